The van der Waals surface area contributed by atoms with E-state index in [1.807, 2.05) is 11.5 Å². The molecule has 0 unspecified atom stereocenters. The summed E-state index contributed by atoms with van der Waals surface area (Å²) in [4.78, 5) is 24.0. The van der Waals surface area contributed by atoms with Gasteiger partial charge < -0.3 is 25.3 Å². The molecule has 0 fully saturated rings. The highest BCUT2D eigenvalue weighted by molar-refractivity contribution is 5.74. The van der Waals surface area contributed by atoms with Crippen LogP contribution in [0.4, 0.5) is 9.59 Å². The number of nitrogens with zero attached hydrogens (tertiary/aromatic N) is 3. The van der Waals surface area contributed by atoms with Crippen LogP contribution in [-0.4, -0.2) is 45.1 Å². The Morgan fingerprint density at radius 3 is 2.54 bits per heavy atom. The van der Waals surface area contributed by atoms with E-state index >= 15 is 0 Å². The van der Waals surface area contributed by atoms with Gasteiger partial charge in [0, 0.05) is 19.1 Å². The molecule has 1 heterocycles. The molecule has 0 bridgehead atoms. The molecule has 1 rings (SSSR count). The summed E-state index contributed by atoms with van der Waals surface area (Å²) in [6, 6.07) is -0.515. The van der Waals surface area contributed by atoms with Crippen LogP contribution in [-0.2, 0) is 17.8 Å². The van der Waals surface area contributed by atoms with Gasteiger partial charge in [0.15, 0.2) is 5.82 Å². The second-order valence-electron chi connectivity index (χ2n) is 7.57. The highest BCUT2D eigenvalue weighted by atomic mass is 16.6. The minimum Gasteiger partial charge on any atom is -0.444 e. The minimum atomic E-state index is -0.558. The van der Waals surface area contributed by atoms with Crippen LogP contribution in [0.25, 0.3) is 0 Å². The predicted molar refractivity (Wildman–Crippen MR) is 98.5 cm³/mol. The van der Waals surface area contributed by atoms with E-state index in [0.29, 0.717) is 18.3 Å². The van der Waals surface area contributed by atoms with Crippen molar-refractivity contribution in [3.63, 3.8) is 0 Å². The Bertz CT molecular complexity index is 579. The van der Waals surface area contributed by atoms with Gasteiger partial charge in [0.05, 0.1) is 6.54 Å². The minimum absolute atomic E-state index is 0.202. The molecule has 3 N–H and O–H groups in total. The van der Waals surface area contributed by atoms with Crippen molar-refractivity contribution in [1.82, 2.24) is 30.7 Å². The summed E-state index contributed by atoms with van der Waals surface area (Å²) >= 11 is 0. The van der Waals surface area contributed by atoms with Gasteiger partial charge >= 0.3 is 12.1 Å². The van der Waals surface area contributed by atoms with Crippen LogP contribution in [0.5, 0.6) is 0 Å². The molecule has 0 saturated carbocycles. The standard InChI is InChI=1S/C17H32N6O3/c1-7-23-11-20-22-14(23)10-18-15(24)21-13(8-12(2)3)9-19-16(25)26-17(4,5)6/h11-13H,7-10H2,1-6H3,(H,19,25)(H2,18,21,24)/t13-/m1/s1. The monoisotopic (exact) mass is 368 g/mol. The highest BCUT2D eigenvalue weighted by Gasteiger charge is 2.19. The van der Waals surface area contributed by atoms with Gasteiger partial charge in [0.25, 0.3) is 0 Å². The zero-order valence-corrected chi connectivity index (χ0v) is 16.6. The molecule has 0 spiro atoms. The van der Waals surface area contributed by atoms with E-state index in [1.165, 1.54) is 0 Å². The van der Waals surface area contributed by atoms with Crippen molar-refractivity contribution in [2.75, 3.05) is 6.54 Å². The highest BCUT2D eigenvalue weighted by Crippen LogP contribution is 2.07. The largest absolute Gasteiger partial charge is 0.444 e. The molecule has 0 saturated heterocycles. The second kappa shape index (κ2) is 9.98. The molecule has 148 valence electrons. The van der Waals surface area contributed by atoms with Gasteiger partial charge in [-0.25, -0.2) is 9.59 Å². The van der Waals surface area contributed by atoms with Crippen molar-refractivity contribution in [1.29, 1.82) is 0 Å². The van der Waals surface area contributed by atoms with E-state index in [9.17, 15) is 9.59 Å². The van der Waals surface area contributed by atoms with Crippen LogP contribution in [0, 0.1) is 5.92 Å². The van der Waals surface area contributed by atoms with Crippen LogP contribution in [0.15, 0.2) is 6.33 Å². The first kappa shape index (κ1) is 21.7. The normalized spacial score (nSPS) is 12.6. The van der Waals surface area contributed by atoms with Crippen molar-refractivity contribution in [2.45, 2.75) is 72.7 Å². The van der Waals surface area contributed by atoms with E-state index in [-0.39, 0.29) is 18.6 Å². The number of carbonyl (C=O) groups excluding carboxylic acids is 2. The fourth-order valence-corrected chi connectivity index (χ4v) is 2.36. The maximum absolute atomic E-state index is 12.2. The summed E-state index contributed by atoms with van der Waals surface area (Å²) in [6.45, 7) is 12.8. The quantitative estimate of drug-likeness (QED) is 0.650. The number of ether oxygens (including phenoxy) is 1. The molecule has 9 heteroatoms. The van der Waals surface area contributed by atoms with E-state index in [1.54, 1.807) is 27.1 Å². The molecule has 0 aliphatic carbocycles. The number of alkyl carbamates (subject to hydrolysis) is 1. The molecule has 0 aliphatic heterocycles. The van der Waals surface area contributed by atoms with Crippen molar-refractivity contribution in [3.05, 3.63) is 12.2 Å². The van der Waals surface area contributed by atoms with Crippen LogP contribution < -0.4 is 16.0 Å². The number of aromatic nitrogens is 3. The molecule has 3 amide bonds. The van der Waals surface area contributed by atoms with E-state index < -0.39 is 11.7 Å². The summed E-state index contributed by atoms with van der Waals surface area (Å²) in [7, 11) is 0. The summed E-state index contributed by atoms with van der Waals surface area (Å²) in [5.41, 5.74) is -0.558. The maximum atomic E-state index is 12.2. The summed E-state index contributed by atoms with van der Waals surface area (Å²) in [5, 5.41) is 16.2. The smallest absolute Gasteiger partial charge is 0.407 e. The van der Waals surface area contributed by atoms with Crippen molar-refractivity contribution in [2.24, 2.45) is 5.92 Å². The lowest BCUT2D eigenvalue weighted by atomic mass is 10.0. The third-order valence-electron chi connectivity index (χ3n) is 3.43. The molecular weight excluding hydrogens is 336 g/mol. The number of nitrogens with one attached hydrogen (secondary N) is 3. The molecular formula is C17H32N6O3. The Balaban J connectivity index is 2.49. The van der Waals surface area contributed by atoms with Crippen LogP contribution >= 0.6 is 0 Å². The van der Waals surface area contributed by atoms with Crippen molar-refractivity contribution >= 4 is 12.1 Å². The fraction of sp³-hybridized carbons (Fsp3) is 0.765. The van der Waals surface area contributed by atoms with E-state index in [2.05, 4.69) is 40.0 Å². The Morgan fingerprint density at radius 1 is 1.27 bits per heavy atom. The summed E-state index contributed by atoms with van der Waals surface area (Å²) in [5.74, 6) is 1.05. The second-order valence-corrected chi connectivity index (χ2v) is 7.57. The molecule has 1 atom stereocenters. The SMILES string of the molecule is CCn1cnnc1CNC(=O)N[C@@H](CNC(=O)OC(C)(C)C)CC(C)C. The maximum Gasteiger partial charge on any atom is 0.407 e. The molecule has 0 aliphatic rings. The average Bonchev–Trinajstić information content (AvgIpc) is 2.96. The zero-order valence-electron chi connectivity index (χ0n) is 16.6. The lowest BCUT2D eigenvalue weighted by molar-refractivity contribution is 0.0521. The molecule has 26 heavy (non-hydrogen) atoms. The summed E-state index contributed by atoms with van der Waals surface area (Å²) < 4.78 is 7.08. The Hall–Kier alpha value is -2.32. The van der Waals surface area contributed by atoms with Gasteiger partial charge in [0.2, 0.25) is 0 Å². The Kier molecular flexibility index (Phi) is 8.34. The third kappa shape index (κ3) is 8.68. The van der Waals surface area contributed by atoms with Crippen LogP contribution in [0.3, 0.4) is 0 Å². The third-order valence-corrected chi connectivity index (χ3v) is 3.43. The molecule has 0 radical (unpaired) electrons. The number of urea groups is 1. The van der Waals surface area contributed by atoms with Crippen LogP contribution in [0.2, 0.25) is 0 Å². The average molecular weight is 368 g/mol. The van der Waals surface area contributed by atoms with Crippen LogP contribution in [0.1, 0.15) is 53.8 Å². The van der Waals surface area contributed by atoms with Crippen molar-refractivity contribution in [3.8, 4) is 0 Å². The van der Waals surface area contributed by atoms with Gasteiger partial charge in [0.1, 0.15) is 11.9 Å². The number of rotatable bonds is 8. The number of hydrogen-bond donors (Lipinski definition) is 3. The van der Waals surface area contributed by atoms with E-state index in [0.717, 1.165) is 13.0 Å². The lowest BCUT2D eigenvalue weighted by Gasteiger charge is -2.23. The van der Waals surface area contributed by atoms with Crippen molar-refractivity contribution < 1.29 is 14.3 Å². The van der Waals surface area contributed by atoms with Gasteiger partial charge in [-0.3, -0.25) is 0 Å². The fourth-order valence-electron chi connectivity index (χ4n) is 2.36. The number of hydrogen-bond acceptors (Lipinski definition) is 5. The number of aryl methyl sites for hydroxylation is 1. The van der Waals surface area contributed by atoms with Gasteiger partial charge in [-0.15, -0.1) is 10.2 Å². The lowest BCUT2D eigenvalue weighted by Crippen LogP contribution is -2.48. The summed E-state index contributed by atoms with van der Waals surface area (Å²) in [6.07, 6.45) is 1.86. The first-order valence-corrected chi connectivity index (χ1v) is 8.98. The predicted octanol–water partition coefficient (Wildman–Crippen LogP) is 2.04. The van der Waals surface area contributed by atoms with Gasteiger partial charge in [-0.05, 0) is 40.0 Å². The van der Waals surface area contributed by atoms with E-state index in [4.69, 9.17) is 4.74 Å². The molecule has 1 aromatic rings. The van der Waals surface area contributed by atoms with Gasteiger partial charge in [-0.1, -0.05) is 13.8 Å². The molecule has 1 aromatic heterocycles. The first-order chi connectivity index (χ1) is 12.1. The molecule has 0 aromatic carbocycles. The first-order valence-electron chi connectivity index (χ1n) is 8.98. The number of amides is 3. The Morgan fingerprint density at radius 2 is 1.96 bits per heavy atom. The Labute approximate surface area is 155 Å². The number of carbonyl (C=O) groups is 2. The zero-order chi connectivity index (χ0) is 19.7. The molecule has 9 nitrogen and oxygen atoms in total. The topological polar surface area (TPSA) is 110 Å². The van der Waals surface area contributed by atoms with Gasteiger partial charge in [-0.2, -0.15) is 0 Å².